The van der Waals surface area contributed by atoms with Gasteiger partial charge >= 0.3 is 0 Å². The minimum absolute atomic E-state index is 0. The molecule has 2 heterocycles. The van der Waals surface area contributed by atoms with Gasteiger partial charge < -0.3 is 10.2 Å². The Bertz CT molecular complexity index is 903. The molecule has 0 atom stereocenters. The highest BCUT2D eigenvalue weighted by molar-refractivity contribution is 7.93. The number of rotatable bonds is 2. The van der Waals surface area contributed by atoms with E-state index in [1.807, 2.05) is 18.2 Å². The fraction of sp³-hybridized carbons (Fsp3) is 0.353. The van der Waals surface area contributed by atoms with Crippen molar-refractivity contribution in [3.8, 4) is 0 Å². The van der Waals surface area contributed by atoms with Crippen molar-refractivity contribution in [1.82, 2.24) is 10.2 Å². The maximum atomic E-state index is 12.9. The van der Waals surface area contributed by atoms with Crippen LogP contribution >= 0.6 is 12.4 Å². The molecule has 0 radical (unpaired) electrons. The van der Waals surface area contributed by atoms with E-state index >= 15 is 0 Å². The Labute approximate surface area is 153 Å². The lowest BCUT2D eigenvalue weighted by molar-refractivity contribution is -0.129. The second-order valence-corrected chi connectivity index (χ2v) is 7.96. The van der Waals surface area contributed by atoms with Gasteiger partial charge in [-0.05, 0) is 30.5 Å². The molecule has 0 unspecified atom stereocenters. The van der Waals surface area contributed by atoms with Gasteiger partial charge in [-0.2, -0.15) is 0 Å². The summed E-state index contributed by atoms with van der Waals surface area (Å²) in [6.45, 7) is 2.77. The molecule has 4 rings (SSSR count). The molecule has 2 aliphatic heterocycles. The van der Waals surface area contributed by atoms with Gasteiger partial charge in [-0.3, -0.25) is 9.10 Å². The average molecular weight is 382 g/mol. The molecule has 0 saturated carbocycles. The number of benzene rings is 2. The Morgan fingerprint density at radius 1 is 1.08 bits per heavy atom. The van der Waals surface area contributed by atoms with Gasteiger partial charge in [0.25, 0.3) is 10.0 Å². The van der Waals surface area contributed by atoms with Gasteiger partial charge in [-0.15, -0.1) is 12.4 Å². The van der Waals surface area contributed by atoms with E-state index in [4.69, 9.17) is 0 Å². The van der Waals surface area contributed by atoms with Crippen LogP contribution in [-0.2, 0) is 14.8 Å². The van der Waals surface area contributed by atoms with Crippen LogP contribution in [-0.4, -0.2) is 51.9 Å². The average Bonchev–Trinajstić information content (AvgIpc) is 2.79. The molecule has 0 bridgehead atoms. The molecule has 2 aromatic rings. The normalized spacial score (nSPS) is 18.7. The van der Waals surface area contributed by atoms with E-state index in [-0.39, 0.29) is 24.9 Å². The predicted molar refractivity (Wildman–Crippen MR) is 99.8 cm³/mol. The van der Waals surface area contributed by atoms with E-state index in [1.54, 1.807) is 23.1 Å². The van der Waals surface area contributed by atoms with Crippen molar-refractivity contribution in [1.29, 1.82) is 0 Å². The highest BCUT2D eigenvalue weighted by atomic mass is 35.5. The van der Waals surface area contributed by atoms with Gasteiger partial charge in [0, 0.05) is 25.0 Å². The van der Waals surface area contributed by atoms with Gasteiger partial charge in [0.1, 0.15) is 6.54 Å². The van der Waals surface area contributed by atoms with Crippen LogP contribution in [0.4, 0.5) is 5.69 Å². The van der Waals surface area contributed by atoms with Crippen LogP contribution in [0.1, 0.15) is 6.42 Å². The summed E-state index contributed by atoms with van der Waals surface area (Å²) in [5, 5.41) is 4.84. The summed E-state index contributed by atoms with van der Waals surface area (Å²) >= 11 is 0. The van der Waals surface area contributed by atoms with Gasteiger partial charge in [-0.1, -0.05) is 24.3 Å². The first-order valence-electron chi connectivity index (χ1n) is 8.12. The topological polar surface area (TPSA) is 69.7 Å². The zero-order valence-corrected chi connectivity index (χ0v) is 15.3. The first kappa shape index (κ1) is 18.0. The first-order valence-corrected chi connectivity index (χ1v) is 9.56. The zero-order valence-electron chi connectivity index (χ0n) is 13.6. The molecule has 6 nitrogen and oxygen atoms in total. The summed E-state index contributed by atoms with van der Waals surface area (Å²) in [6.07, 6.45) is 0.883. The Balaban J connectivity index is 0.00000182. The third kappa shape index (κ3) is 2.96. The number of sulfonamides is 1. The van der Waals surface area contributed by atoms with Crippen LogP contribution in [0.2, 0.25) is 0 Å². The minimum Gasteiger partial charge on any atom is -0.340 e. The molecule has 1 N–H and O–H groups in total. The zero-order chi connectivity index (χ0) is 16.7. The molecular weight excluding hydrogens is 362 g/mol. The Morgan fingerprint density at radius 3 is 2.64 bits per heavy atom. The molecule has 1 fully saturated rings. The SMILES string of the molecule is Cl.O=C(CN1c2cccc3cccc(c23)S1(=O)=O)N1CCCNCC1. The van der Waals surface area contributed by atoms with E-state index in [0.717, 1.165) is 24.9 Å². The van der Waals surface area contributed by atoms with Crippen molar-refractivity contribution in [2.45, 2.75) is 11.3 Å². The van der Waals surface area contributed by atoms with E-state index in [2.05, 4.69) is 5.32 Å². The molecule has 1 amide bonds. The van der Waals surface area contributed by atoms with E-state index < -0.39 is 10.0 Å². The predicted octanol–water partition coefficient (Wildman–Crippen LogP) is 1.59. The quantitative estimate of drug-likeness (QED) is 0.857. The van der Waals surface area contributed by atoms with Crippen LogP contribution in [0.5, 0.6) is 0 Å². The number of amides is 1. The summed E-state index contributed by atoms with van der Waals surface area (Å²) in [5.41, 5.74) is 0.601. The Morgan fingerprint density at radius 2 is 1.84 bits per heavy atom. The summed E-state index contributed by atoms with van der Waals surface area (Å²) in [4.78, 5) is 14.7. The van der Waals surface area contributed by atoms with Crippen LogP contribution in [0.25, 0.3) is 10.8 Å². The van der Waals surface area contributed by atoms with E-state index in [1.165, 1.54) is 4.31 Å². The second kappa shape index (κ2) is 6.82. The molecule has 134 valence electrons. The largest absolute Gasteiger partial charge is 0.340 e. The van der Waals surface area contributed by atoms with Crippen molar-refractivity contribution in [3.05, 3.63) is 36.4 Å². The number of anilines is 1. The summed E-state index contributed by atoms with van der Waals surface area (Å²) in [5.74, 6) is -0.146. The van der Waals surface area contributed by atoms with Crippen molar-refractivity contribution < 1.29 is 13.2 Å². The molecule has 0 spiro atoms. The third-order valence-corrected chi connectivity index (χ3v) is 6.45. The second-order valence-electron chi connectivity index (χ2n) is 6.13. The maximum absolute atomic E-state index is 12.9. The summed E-state index contributed by atoms with van der Waals surface area (Å²) in [6, 6.07) is 10.7. The highest BCUT2D eigenvalue weighted by Gasteiger charge is 2.37. The van der Waals surface area contributed by atoms with E-state index in [9.17, 15) is 13.2 Å². The Kier molecular flexibility index (Phi) is 4.90. The highest BCUT2D eigenvalue weighted by Crippen LogP contribution is 2.41. The number of carbonyl (C=O) groups excluding carboxylic acids is 1. The van der Waals surface area contributed by atoms with Crippen LogP contribution < -0.4 is 9.62 Å². The molecule has 2 aliphatic rings. The van der Waals surface area contributed by atoms with E-state index in [0.29, 0.717) is 29.1 Å². The van der Waals surface area contributed by atoms with Gasteiger partial charge in [0.2, 0.25) is 5.91 Å². The van der Waals surface area contributed by atoms with Crippen molar-refractivity contribution >= 4 is 44.8 Å². The number of nitrogens with one attached hydrogen (secondary N) is 1. The van der Waals surface area contributed by atoms with Crippen LogP contribution in [0.3, 0.4) is 0 Å². The lowest BCUT2D eigenvalue weighted by Crippen LogP contribution is -2.43. The maximum Gasteiger partial charge on any atom is 0.265 e. The lowest BCUT2D eigenvalue weighted by Gasteiger charge is -2.24. The fourth-order valence-electron chi connectivity index (χ4n) is 3.45. The number of halogens is 1. The molecule has 0 aliphatic carbocycles. The van der Waals surface area contributed by atoms with Crippen molar-refractivity contribution in [2.75, 3.05) is 37.0 Å². The molecule has 1 saturated heterocycles. The number of nitrogens with zero attached hydrogens (tertiary/aromatic N) is 2. The monoisotopic (exact) mass is 381 g/mol. The fourth-order valence-corrected chi connectivity index (χ4v) is 5.11. The Hall–Kier alpha value is -1.83. The summed E-state index contributed by atoms with van der Waals surface area (Å²) in [7, 11) is -3.67. The van der Waals surface area contributed by atoms with Crippen LogP contribution in [0, 0.1) is 0 Å². The third-order valence-electron chi connectivity index (χ3n) is 4.65. The molecule has 0 aromatic heterocycles. The van der Waals surface area contributed by atoms with Gasteiger partial charge in [0.15, 0.2) is 0 Å². The van der Waals surface area contributed by atoms with Gasteiger partial charge in [0.05, 0.1) is 10.6 Å². The standard InChI is InChI=1S/C17H19N3O3S.ClH/c21-16(19-10-3-8-18-9-11-19)12-20-14-6-1-4-13-5-2-7-15(17(13)14)24(20,22)23;/h1-2,4-7,18H,3,8-12H2;1H. The first-order chi connectivity index (χ1) is 11.6. The lowest BCUT2D eigenvalue weighted by atomic mass is 10.1. The minimum atomic E-state index is -3.67. The van der Waals surface area contributed by atoms with Crippen molar-refractivity contribution in [3.63, 3.8) is 0 Å². The van der Waals surface area contributed by atoms with Gasteiger partial charge in [-0.25, -0.2) is 8.42 Å². The smallest absolute Gasteiger partial charge is 0.265 e. The number of hydrogen-bond acceptors (Lipinski definition) is 4. The number of hydrogen-bond donors (Lipinski definition) is 1. The molecule has 8 heteroatoms. The molecule has 25 heavy (non-hydrogen) atoms. The van der Waals surface area contributed by atoms with Crippen LogP contribution in [0.15, 0.2) is 41.3 Å². The summed E-state index contributed by atoms with van der Waals surface area (Å²) < 4.78 is 27.0. The number of carbonyl (C=O) groups is 1. The van der Waals surface area contributed by atoms with Crippen molar-refractivity contribution in [2.24, 2.45) is 0 Å². The molecular formula is C17H20ClN3O3S. The molecule has 2 aromatic carbocycles.